The number of hydrogen-bond acceptors (Lipinski definition) is 2. The van der Waals surface area contributed by atoms with Crippen LogP contribution in [0.4, 0.5) is 0 Å². The molecule has 0 atom stereocenters. The molecule has 0 unspecified atom stereocenters. The molecular formula is C23H36N2. The van der Waals surface area contributed by atoms with Crippen LogP contribution in [0.2, 0.25) is 0 Å². The molecule has 0 fully saturated rings. The van der Waals surface area contributed by atoms with Crippen LogP contribution in [0.5, 0.6) is 0 Å². The van der Waals surface area contributed by atoms with E-state index in [9.17, 15) is 0 Å². The fourth-order valence-corrected chi connectivity index (χ4v) is 2.71. The molecule has 0 heterocycles. The highest BCUT2D eigenvalue weighted by Crippen LogP contribution is 2.13. The number of hydrogen-bond donors (Lipinski definition) is 0. The minimum absolute atomic E-state index is 1.00. The molecule has 0 aliphatic carbocycles. The van der Waals surface area contributed by atoms with Crippen molar-refractivity contribution in [1.29, 1.82) is 0 Å². The van der Waals surface area contributed by atoms with Crippen molar-refractivity contribution >= 4 is 0 Å². The van der Waals surface area contributed by atoms with Crippen molar-refractivity contribution < 1.29 is 0 Å². The van der Waals surface area contributed by atoms with E-state index in [4.69, 9.17) is 0 Å². The Hall–Kier alpha value is -1.64. The SMILES string of the molecule is CC.CCc1cccc(CN(CCN(C)C)Cc2ccc(C)cc2)c1. The summed E-state index contributed by atoms with van der Waals surface area (Å²) in [4.78, 5) is 4.80. The summed E-state index contributed by atoms with van der Waals surface area (Å²) in [6.07, 6.45) is 1.10. The standard InChI is InChI=1S/C21H30N2.C2H6/c1-5-19-7-6-8-21(15-19)17-23(14-13-22(3)4)16-20-11-9-18(2)10-12-20;1-2/h6-12,15H,5,13-14,16-17H2,1-4H3;1-2H3. The van der Waals surface area contributed by atoms with Gasteiger partial charge in [-0.3, -0.25) is 4.90 Å². The molecule has 2 rings (SSSR count). The van der Waals surface area contributed by atoms with Gasteiger partial charge in [0.25, 0.3) is 0 Å². The van der Waals surface area contributed by atoms with E-state index in [0.29, 0.717) is 0 Å². The van der Waals surface area contributed by atoms with Gasteiger partial charge in [-0.2, -0.15) is 0 Å². The molecule has 2 aromatic rings. The number of nitrogens with zero attached hydrogens (tertiary/aromatic N) is 2. The van der Waals surface area contributed by atoms with Crippen LogP contribution < -0.4 is 0 Å². The van der Waals surface area contributed by atoms with E-state index in [2.05, 4.69) is 86.3 Å². The van der Waals surface area contributed by atoms with Gasteiger partial charge in [-0.1, -0.05) is 74.9 Å². The Morgan fingerprint density at radius 1 is 0.760 bits per heavy atom. The van der Waals surface area contributed by atoms with Crippen molar-refractivity contribution in [3.8, 4) is 0 Å². The van der Waals surface area contributed by atoms with E-state index in [-0.39, 0.29) is 0 Å². The minimum atomic E-state index is 1.00. The van der Waals surface area contributed by atoms with Gasteiger partial charge in [0.1, 0.15) is 0 Å². The van der Waals surface area contributed by atoms with E-state index in [1.165, 1.54) is 22.3 Å². The molecule has 0 aliphatic heterocycles. The average Bonchev–Trinajstić information content (AvgIpc) is 2.63. The predicted octanol–water partition coefficient (Wildman–Crippen LogP) is 5.15. The lowest BCUT2D eigenvalue weighted by atomic mass is 10.1. The summed E-state index contributed by atoms with van der Waals surface area (Å²) >= 11 is 0. The van der Waals surface area contributed by atoms with Gasteiger partial charge < -0.3 is 4.90 Å². The highest BCUT2D eigenvalue weighted by Gasteiger charge is 2.08. The molecule has 0 spiro atoms. The number of benzene rings is 2. The molecule has 0 aliphatic rings. The van der Waals surface area contributed by atoms with Gasteiger partial charge in [-0.25, -0.2) is 0 Å². The highest BCUT2D eigenvalue weighted by atomic mass is 15.2. The van der Waals surface area contributed by atoms with E-state index in [1.807, 2.05) is 13.8 Å². The largest absolute Gasteiger partial charge is 0.308 e. The molecular weight excluding hydrogens is 304 g/mol. The Kier molecular flexibility index (Phi) is 10.1. The van der Waals surface area contributed by atoms with Gasteiger partial charge >= 0.3 is 0 Å². The zero-order valence-corrected chi connectivity index (χ0v) is 17.0. The Morgan fingerprint density at radius 2 is 1.36 bits per heavy atom. The van der Waals surface area contributed by atoms with Crippen molar-refractivity contribution in [2.75, 3.05) is 27.2 Å². The van der Waals surface area contributed by atoms with Crippen LogP contribution in [0.1, 0.15) is 43.0 Å². The van der Waals surface area contributed by atoms with Gasteiger partial charge in [-0.05, 0) is 44.1 Å². The van der Waals surface area contributed by atoms with Crippen molar-refractivity contribution in [2.24, 2.45) is 0 Å². The quantitative estimate of drug-likeness (QED) is 0.656. The molecule has 0 amide bonds. The van der Waals surface area contributed by atoms with E-state index in [1.54, 1.807) is 0 Å². The predicted molar refractivity (Wildman–Crippen MR) is 111 cm³/mol. The molecule has 0 N–H and O–H groups in total. The van der Waals surface area contributed by atoms with Crippen molar-refractivity contribution in [1.82, 2.24) is 9.80 Å². The summed E-state index contributed by atoms with van der Waals surface area (Å²) in [5.41, 5.74) is 5.55. The van der Waals surface area contributed by atoms with Crippen LogP contribution in [0.25, 0.3) is 0 Å². The second kappa shape index (κ2) is 11.8. The molecule has 2 aromatic carbocycles. The summed E-state index contributed by atoms with van der Waals surface area (Å²) in [7, 11) is 4.28. The van der Waals surface area contributed by atoms with E-state index >= 15 is 0 Å². The lowest BCUT2D eigenvalue weighted by Gasteiger charge is -2.24. The van der Waals surface area contributed by atoms with Crippen molar-refractivity contribution in [3.63, 3.8) is 0 Å². The van der Waals surface area contributed by atoms with Crippen LogP contribution >= 0.6 is 0 Å². The normalized spacial score (nSPS) is 10.7. The highest BCUT2D eigenvalue weighted by molar-refractivity contribution is 5.24. The number of aryl methyl sites for hydroxylation is 2. The molecule has 0 radical (unpaired) electrons. The second-order valence-electron chi connectivity index (χ2n) is 6.67. The Labute approximate surface area is 155 Å². The topological polar surface area (TPSA) is 6.48 Å². The Bertz CT molecular complexity index is 587. The average molecular weight is 341 g/mol. The molecule has 25 heavy (non-hydrogen) atoms. The Morgan fingerprint density at radius 3 is 1.96 bits per heavy atom. The molecule has 2 nitrogen and oxygen atoms in total. The first-order valence-electron chi connectivity index (χ1n) is 9.57. The van der Waals surface area contributed by atoms with E-state index in [0.717, 1.165) is 32.6 Å². The summed E-state index contributed by atoms with van der Waals surface area (Å²) in [6.45, 7) is 12.5. The van der Waals surface area contributed by atoms with Crippen molar-refractivity contribution in [2.45, 2.75) is 47.2 Å². The second-order valence-corrected chi connectivity index (χ2v) is 6.67. The third kappa shape index (κ3) is 8.33. The maximum absolute atomic E-state index is 2.54. The molecule has 0 saturated heterocycles. The third-order valence-corrected chi connectivity index (χ3v) is 4.20. The van der Waals surface area contributed by atoms with Crippen LogP contribution in [0.3, 0.4) is 0 Å². The van der Waals surface area contributed by atoms with Crippen LogP contribution in [-0.4, -0.2) is 37.0 Å². The summed E-state index contributed by atoms with van der Waals surface area (Å²) < 4.78 is 0. The fraction of sp³-hybridized carbons (Fsp3) is 0.478. The maximum Gasteiger partial charge on any atom is 0.0237 e. The molecule has 0 bridgehead atoms. The van der Waals surface area contributed by atoms with Gasteiger partial charge in [0.2, 0.25) is 0 Å². The Balaban J connectivity index is 0.00000151. The lowest BCUT2D eigenvalue weighted by Crippen LogP contribution is -2.31. The first-order chi connectivity index (χ1) is 12.1. The van der Waals surface area contributed by atoms with Gasteiger partial charge in [0.05, 0.1) is 0 Å². The monoisotopic (exact) mass is 340 g/mol. The zero-order valence-electron chi connectivity index (χ0n) is 17.0. The third-order valence-electron chi connectivity index (χ3n) is 4.20. The van der Waals surface area contributed by atoms with Gasteiger partial charge in [0, 0.05) is 26.2 Å². The maximum atomic E-state index is 2.54. The minimum Gasteiger partial charge on any atom is -0.308 e. The number of rotatable bonds is 8. The van der Waals surface area contributed by atoms with E-state index < -0.39 is 0 Å². The van der Waals surface area contributed by atoms with Crippen LogP contribution in [-0.2, 0) is 19.5 Å². The summed E-state index contributed by atoms with van der Waals surface area (Å²) in [5.74, 6) is 0. The molecule has 0 saturated carbocycles. The fourth-order valence-electron chi connectivity index (χ4n) is 2.71. The summed E-state index contributed by atoms with van der Waals surface area (Å²) in [6, 6.07) is 17.9. The first-order valence-corrected chi connectivity index (χ1v) is 9.57. The van der Waals surface area contributed by atoms with Crippen LogP contribution in [0, 0.1) is 6.92 Å². The number of likely N-dealkylation sites (N-methyl/N-ethyl adjacent to an activating group) is 1. The lowest BCUT2D eigenvalue weighted by molar-refractivity contribution is 0.226. The summed E-state index contributed by atoms with van der Waals surface area (Å²) in [5, 5.41) is 0. The van der Waals surface area contributed by atoms with Crippen molar-refractivity contribution in [3.05, 3.63) is 70.8 Å². The first kappa shape index (κ1) is 21.4. The zero-order chi connectivity index (χ0) is 18.7. The van der Waals surface area contributed by atoms with Gasteiger partial charge in [-0.15, -0.1) is 0 Å². The van der Waals surface area contributed by atoms with Gasteiger partial charge in [0.15, 0.2) is 0 Å². The molecule has 0 aromatic heterocycles. The molecule has 138 valence electrons. The smallest absolute Gasteiger partial charge is 0.0237 e. The van der Waals surface area contributed by atoms with Crippen LogP contribution in [0.15, 0.2) is 48.5 Å². The molecule has 2 heteroatoms.